The van der Waals surface area contributed by atoms with Gasteiger partial charge in [-0.1, -0.05) is 0 Å². The van der Waals surface area contributed by atoms with Crippen molar-refractivity contribution in [3.63, 3.8) is 0 Å². The molecule has 0 aliphatic rings. The van der Waals surface area contributed by atoms with Crippen LogP contribution in [0.5, 0.6) is 28.7 Å². The van der Waals surface area contributed by atoms with E-state index >= 15 is 0 Å². The first-order chi connectivity index (χ1) is 15.9. The molecular formula is C24H24O9. The lowest BCUT2D eigenvalue weighted by atomic mass is 10.1. The number of hydrogen-bond donors (Lipinski definition) is 0. The van der Waals surface area contributed by atoms with Gasteiger partial charge in [0.05, 0.1) is 35.5 Å². The molecule has 3 aromatic rings. The van der Waals surface area contributed by atoms with Crippen LogP contribution in [0.1, 0.15) is 11.1 Å². The van der Waals surface area contributed by atoms with E-state index in [9.17, 15) is 9.59 Å². The van der Waals surface area contributed by atoms with Gasteiger partial charge in [-0.15, -0.1) is 0 Å². The summed E-state index contributed by atoms with van der Waals surface area (Å²) < 4.78 is 37.0. The molecule has 0 aliphatic heterocycles. The van der Waals surface area contributed by atoms with Crippen LogP contribution in [0.25, 0.3) is 17.0 Å². The molecule has 1 aromatic heterocycles. The Morgan fingerprint density at radius 3 is 2.00 bits per heavy atom. The second-order valence-corrected chi connectivity index (χ2v) is 6.69. The lowest BCUT2D eigenvalue weighted by molar-refractivity contribution is -0.138. The molecule has 3 rings (SSSR count). The fraction of sp³-hybridized carbons (Fsp3) is 0.250. The van der Waals surface area contributed by atoms with E-state index in [1.54, 1.807) is 30.3 Å². The van der Waals surface area contributed by atoms with Crippen LogP contribution in [0.4, 0.5) is 0 Å². The summed E-state index contributed by atoms with van der Waals surface area (Å²) >= 11 is 0. The first-order valence-electron chi connectivity index (χ1n) is 9.77. The summed E-state index contributed by atoms with van der Waals surface area (Å²) in [6.45, 7) is -0.143. The van der Waals surface area contributed by atoms with Gasteiger partial charge in [0.25, 0.3) is 0 Å². The molecular weight excluding hydrogens is 432 g/mol. The van der Waals surface area contributed by atoms with E-state index in [1.807, 2.05) is 0 Å². The Kier molecular flexibility index (Phi) is 7.45. The van der Waals surface area contributed by atoms with Gasteiger partial charge in [-0.2, -0.15) is 0 Å². The van der Waals surface area contributed by atoms with E-state index in [4.69, 9.17) is 32.8 Å². The first kappa shape index (κ1) is 23.5. The summed E-state index contributed by atoms with van der Waals surface area (Å²) in [7, 11) is 7.49. The standard InChI is InChI=1S/C24H24O9/c1-27-18-11-16-15(10-23(26)33-17(16)12-19(18)28-2)13-32-22(25)7-6-14-8-20(29-3)24(31-5)21(9-14)30-4/h6-12H,13H2,1-5H3. The van der Waals surface area contributed by atoms with Crippen LogP contribution >= 0.6 is 0 Å². The average Bonchev–Trinajstić information content (AvgIpc) is 2.84. The maximum Gasteiger partial charge on any atom is 0.336 e. The third-order valence-corrected chi connectivity index (χ3v) is 4.80. The van der Waals surface area contributed by atoms with E-state index in [0.29, 0.717) is 50.8 Å². The fourth-order valence-electron chi connectivity index (χ4n) is 3.23. The smallest absolute Gasteiger partial charge is 0.336 e. The van der Waals surface area contributed by atoms with Crippen LogP contribution in [-0.2, 0) is 16.1 Å². The molecule has 0 fully saturated rings. The lowest BCUT2D eigenvalue weighted by Crippen LogP contribution is -2.06. The molecule has 0 radical (unpaired) electrons. The Labute approximate surface area is 190 Å². The van der Waals surface area contributed by atoms with Crippen LogP contribution < -0.4 is 29.3 Å². The number of methoxy groups -OCH3 is 5. The van der Waals surface area contributed by atoms with Crippen molar-refractivity contribution >= 4 is 23.0 Å². The molecule has 174 valence electrons. The van der Waals surface area contributed by atoms with E-state index < -0.39 is 11.6 Å². The molecule has 1 heterocycles. The number of carbonyl (C=O) groups excluding carboxylic acids is 1. The Morgan fingerprint density at radius 2 is 1.42 bits per heavy atom. The number of esters is 1. The summed E-state index contributed by atoms with van der Waals surface area (Å²) in [5.41, 5.74) is 0.828. The quantitative estimate of drug-likeness (QED) is 0.271. The SMILES string of the molecule is COc1cc2oc(=O)cc(COC(=O)C=Cc3cc(OC)c(OC)c(OC)c3)c2cc1OC. The summed E-state index contributed by atoms with van der Waals surface area (Å²) in [5, 5.41) is 0.564. The van der Waals surface area contributed by atoms with Crippen LogP contribution in [0.3, 0.4) is 0 Å². The zero-order valence-corrected chi connectivity index (χ0v) is 18.9. The number of hydrogen-bond acceptors (Lipinski definition) is 9. The lowest BCUT2D eigenvalue weighted by Gasteiger charge is -2.12. The molecule has 0 saturated carbocycles. The van der Waals surface area contributed by atoms with E-state index in [-0.39, 0.29) is 6.61 Å². The zero-order chi connectivity index (χ0) is 24.0. The van der Waals surface area contributed by atoms with Crippen LogP contribution in [0.2, 0.25) is 0 Å². The molecule has 9 nitrogen and oxygen atoms in total. The molecule has 0 amide bonds. The van der Waals surface area contributed by atoms with Crippen molar-refractivity contribution in [3.8, 4) is 28.7 Å². The second kappa shape index (κ2) is 10.4. The van der Waals surface area contributed by atoms with Gasteiger partial charge in [-0.3, -0.25) is 0 Å². The molecule has 0 aliphatic carbocycles. The van der Waals surface area contributed by atoms with Crippen LogP contribution in [-0.4, -0.2) is 41.5 Å². The predicted octanol–water partition coefficient (Wildman–Crippen LogP) is 3.59. The summed E-state index contributed by atoms with van der Waals surface area (Å²) in [5.74, 6) is 1.62. The summed E-state index contributed by atoms with van der Waals surface area (Å²) in [4.78, 5) is 24.3. The molecule has 0 spiro atoms. The third kappa shape index (κ3) is 5.20. The Balaban J connectivity index is 1.81. The monoisotopic (exact) mass is 456 g/mol. The van der Waals surface area contributed by atoms with Crippen molar-refractivity contribution < 1.29 is 37.6 Å². The molecule has 0 atom stereocenters. The highest BCUT2D eigenvalue weighted by molar-refractivity contribution is 5.88. The minimum atomic E-state index is -0.606. The molecule has 0 unspecified atom stereocenters. The Bertz CT molecular complexity index is 1220. The van der Waals surface area contributed by atoms with E-state index in [1.165, 1.54) is 47.7 Å². The normalized spacial score (nSPS) is 10.8. The fourth-order valence-corrected chi connectivity index (χ4v) is 3.23. The minimum Gasteiger partial charge on any atom is -0.493 e. The van der Waals surface area contributed by atoms with Gasteiger partial charge in [0.15, 0.2) is 23.0 Å². The van der Waals surface area contributed by atoms with Crippen molar-refractivity contribution in [3.05, 3.63) is 58.0 Å². The van der Waals surface area contributed by atoms with Crippen LogP contribution in [0, 0.1) is 0 Å². The van der Waals surface area contributed by atoms with Gasteiger partial charge < -0.3 is 32.8 Å². The van der Waals surface area contributed by atoms with Crippen molar-refractivity contribution in [2.45, 2.75) is 6.61 Å². The Morgan fingerprint density at radius 1 is 0.818 bits per heavy atom. The zero-order valence-electron chi connectivity index (χ0n) is 18.9. The topological polar surface area (TPSA) is 103 Å². The van der Waals surface area contributed by atoms with Gasteiger partial charge in [0, 0.05) is 29.2 Å². The summed E-state index contributed by atoms with van der Waals surface area (Å²) in [6, 6.07) is 7.86. The maximum atomic E-state index is 12.3. The first-order valence-corrected chi connectivity index (χ1v) is 9.77. The highest BCUT2D eigenvalue weighted by Gasteiger charge is 2.14. The molecule has 0 saturated heterocycles. The second-order valence-electron chi connectivity index (χ2n) is 6.69. The Hall–Kier alpha value is -4.14. The van der Waals surface area contributed by atoms with Crippen LogP contribution in [0.15, 0.2) is 45.6 Å². The van der Waals surface area contributed by atoms with E-state index in [2.05, 4.69) is 0 Å². The molecule has 33 heavy (non-hydrogen) atoms. The molecule has 0 bridgehead atoms. The highest BCUT2D eigenvalue weighted by Crippen LogP contribution is 2.38. The van der Waals surface area contributed by atoms with Gasteiger partial charge in [0.2, 0.25) is 5.75 Å². The molecule has 9 heteroatoms. The minimum absolute atomic E-state index is 0.143. The van der Waals surface area contributed by atoms with Gasteiger partial charge in [-0.05, 0) is 29.8 Å². The van der Waals surface area contributed by atoms with Gasteiger partial charge in [0.1, 0.15) is 12.2 Å². The average molecular weight is 456 g/mol. The van der Waals surface area contributed by atoms with Gasteiger partial charge >= 0.3 is 11.6 Å². The number of rotatable bonds is 9. The number of benzene rings is 2. The van der Waals surface area contributed by atoms with Crippen molar-refractivity contribution in [1.29, 1.82) is 0 Å². The highest BCUT2D eigenvalue weighted by atomic mass is 16.5. The summed E-state index contributed by atoms with van der Waals surface area (Å²) in [6.07, 6.45) is 2.82. The number of carbonyl (C=O) groups is 1. The molecule has 2 aromatic carbocycles. The predicted molar refractivity (Wildman–Crippen MR) is 121 cm³/mol. The number of ether oxygens (including phenoxy) is 6. The van der Waals surface area contributed by atoms with E-state index in [0.717, 1.165) is 0 Å². The van der Waals surface area contributed by atoms with Crippen molar-refractivity contribution in [2.24, 2.45) is 0 Å². The largest absolute Gasteiger partial charge is 0.493 e. The third-order valence-electron chi connectivity index (χ3n) is 4.80. The van der Waals surface area contributed by atoms with Crippen molar-refractivity contribution in [1.82, 2.24) is 0 Å². The van der Waals surface area contributed by atoms with Gasteiger partial charge in [-0.25, -0.2) is 9.59 Å². The number of fused-ring (bicyclic) bond motifs is 1. The maximum absolute atomic E-state index is 12.3. The van der Waals surface area contributed by atoms with Crippen molar-refractivity contribution in [2.75, 3.05) is 35.5 Å². The molecule has 0 N–H and O–H groups in total.